The highest BCUT2D eigenvalue weighted by atomic mass is 32.1. The van der Waals surface area contributed by atoms with Crippen molar-refractivity contribution in [2.75, 3.05) is 18.4 Å². The molecule has 1 amide bonds. The van der Waals surface area contributed by atoms with Gasteiger partial charge in [-0.25, -0.2) is 15.0 Å². The van der Waals surface area contributed by atoms with Gasteiger partial charge in [-0.05, 0) is 39.7 Å². The number of aromatic nitrogens is 5. The molecular formula is C22H27N7OS. The van der Waals surface area contributed by atoms with Crippen LogP contribution >= 0.6 is 11.3 Å². The number of carbonyl (C=O) groups excluding carboxylic acids is 1. The summed E-state index contributed by atoms with van der Waals surface area (Å²) in [5, 5.41) is 8.28. The van der Waals surface area contributed by atoms with Crippen molar-refractivity contribution in [3.8, 4) is 0 Å². The minimum Gasteiger partial charge on any atom is -0.338 e. The Bertz CT molecular complexity index is 1100. The molecular weight excluding hydrogens is 410 g/mol. The molecule has 31 heavy (non-hydrogen) atoms. The van der Waals surface area contributed by atoms with Gasteiger partial charge in [0.15, 0.2) is 5.13 Å². The molecule has 1 saturated heterocycles. The first kappa shape index (κ1) is 21.2. The molecule has 0 aromatic carbocycles. The Morgan fingerprint density at radius 1 is 1.26 bits per heavy atom. The van der Waals surface area contributed by atoms with Gasteiger partial charge in [0.25, 0.3) is 0 Å². The van der Waals surface area contributed by atoms with Crippen LogP contribution in [0.15, 0.2) is 24.5 Å². The Kier molecular flexibility index (Phi) is 6.13. The summed E-state index contributed by atoms with van der Waals surface area (Å²) in [6.45, 7) is 7.38. The fourth-order valence-electron chi connectivity index (χ4n) is 3.72. The van der Waals surface area contributed by atoms with Crippen LogP contribution in [0.2, 0.25) is 0 Å². The van der Waals surface area contributed by atoms with Crippen molar-refractivity contribution in [1.29, 1.82) is 0 Å². The van der Waals surface area contributed by atoms with E-state index in [0.29, 0.717) is 12.4 Å². The second-order valence-corrected chi connectivity index (χ2v) is 9.12. The number of hydrogen-bond donors (Lipinski definition) is 1. The summed E-state index contributed by atoms with van der Waals surface area (Å²) in [6, 6.07) is 1.99. The number of nitrogens with one attached hydrogen (secondary N) is 1. The van der Waals surface area contributed by atoms with Crippen LogP contribution < -0.4 is 5.32 Å². The molecule has 4 rings (SSSR count). The van der Waals surface area contributed by atoms with Crippen LogP contribution in [0, 0.1) is 20.8 Å². The van der Waals surface area contributed by atoms with E-state index in [1.54, 1.807) is 28.3 Å². The van der Waals surface area contributed by atoms with E-state index in [4.69, 9.17) is 0 Å². The third-order valence-corrected chi connectivity index (χ3v) is 6.40. The normalized spacial score (nSPS) is 16.8. The van der Waals surface area contributed by atoms with Crippen molar-refractivity contribution >= 4 is 34.3 Å². The van der Waals surface area contributed by atoms with Gasteiger partial charge in [-0.2, -0.15) is 5.10 Å². The number of aryl methyl sites for hydroxylation is 4. The number of nitrogens with zero attached hydrogens (tertiary/aromatic N) is 6. The molecule has 1 N–H and O–H groups in total. The molecule has 8 nitrogen and oxygen atoms in total. The van der Waals surface area contributed by atoms with E-state index in [9.17, 15) is 4.79 Å². The quantitative estimate of drug-likeness (QED) is 0.612. The third-order valence-electron chi connectivity index (χ3n) is 5.42. The molecule has 1 fully saturated rings. The number of thiazole rings is 1. The van der Waals surface area contributed by atoms with E-state index >= 15 is 0 Å². The van der Waals surface area contributed by atoms with E-state index in [-0.39, 0.29) is 11.8 Å². The molecule has 0 spiro atoms. The Morgan fingerprint density at radius 2 is 2.10 bits per heavy atom. The number of rotatable bonds is 5. The van der Waals surface area contributed by atoms with Gasteiger partial charge in [-0.3, -0.25) is 9.48 Å². The first-order valence-corrected chi connectivity index (χ1v) is 11.2. The topological polar surface area (TPSA) is 88.8 Å². The van der Waals surface area contributed by atoms with Crippen molar-refractivity contribution in [2.45, 2.75) is 39.5 Å². The first-order valence-electron chi connectivity index (χ1n) is 10.4. The molecule has 0 radical (unpaired) electrons. The molecule has 4 heterocycles. The highest BCUT2D eigenvalue weighted by Gasteiger charge is 2.25. The van der Waals surface area contributed by atoms with Crippen LogP contribution in [0.4, 0.5) is 10.9 Å². The fourth-order valence-corrected chi connectivity index (χ4v) is 4.54. The lowest BCUT2D eigenvalue weighted by Crippen LogP contribution is -2.38. The van der Waals surface area contributed by atoms with Crippen LogP contribution in [0.3, 0.4) is 0 Å². The molecule has 3 aromatic rings. The summed E-state index contributed by atoms with van der Waals surface area (Å²) >= 11 is 1.62. The molecule has 1 aliphatic heterocycles. The van der Waals surface area contributed by atoms with Crippen molar-refractivity contribution in [1.82, 2.24) is 29.6 Å². The Labute approximate surface area is 186 Å². The van der Waals surface area contributed by atoms with Gasteiger partial charge >= 0.3 is 0 Å². The Morgan fingerprint density at radius 3 is 2.81 bits per heavy atom. The summed E-state index contributed by atoms with van der Waals surface area (Å²) in [5.74, 6) is 1.67. The molecule has 162 valence electrons. The highest BCUT2D eigenvalue weighted by Crippen LogP contribution is 2.29. The second kappa shape index (κ2) is 8.97. The lowest BCUT2D eigenvalue weighted by Gasteiger charge is -2.32. The Hall–Kier alpha value is -3.07. The summed E-state index contributed by atoms with van der Waals surface area (Å²) in [6.07, 6.45) is 9.02. The monoisotopic (exact) mass is 437 g/mol. The van der Waals surface area contributed by atoms with Crippen LogP contribution in [-0.2, 0) is 11.8 Å². The number of carbonyl (C=O) groups is 1. The van der Waals surface area contributed by atoms with E-state index in [0.717, 1.165) is 47.3 Å². The maximum Gasteiger partial charge on any atom is 0.246 e. The average molecular weight is 438 g/mol. The number of hydrogen-bond acceptors (Lipinski definition) is 7. The zero-order valence-electron chi connectivity index (χ0n) is 18.3. The van der Waals surface area contributed by atoms with Gasteiger partial charge in [0.05, 0.1) is 17.6 Å². The van der Waals surface area contributed by atoms with E-state index in [1.165, 1.54) is 4.88 Å². The van der Waals surface area contributed by atoms with Gasteiger partial charge in [-0.15, -0.1) is 11.3 Å². The molecule has 0 saturated carbocycles. The summed E-state index contributed by atoms with van der Waals surface area (Å²) in [5.41, 5.74) is 2.91. The lowest BCUT2D eigenvalue weighted by atomic mass is 9.94. The van der Waals surface area contributed by atoms with Crippen LogP contribution in [0.25, 0.3) is 6.08 Å². The molecule has 0 bridgehead atoms. The van der Waals surface area contributed by atoms with E-state index in [1.807, 2.05) is 44.1 Å². The van der Waals surface area contributed by atoms with Gasteiger partial charge < -0.3 is 10.2 Å². The second-order valence-electron chi connectivity index (χ2n) is 7.91. The van der Waals surface area contributed by atoms with Crippen LogP contribution in [0.5, 0.6) is 0 Å². The lowest BCUT2D eigenvalue weighted by molar-refractivity contribution is -0.127. The van der Waals surface area contributed by atoms with Crippen molar-refractivity contribution < 1.29 is 4.79 Å². The predicted octanol–water partition coefficient (Wildman–Crippen LogP) is 3.75. The molecule has 3 aromatic heterocycles. The number of anilines is 2. The minimum atomic E-state index is 0.0198. The number of piperidine rings is 1. The summed E-state index contributed by atoms with van der Waals surface area (Å²) < 4.78 is 1.72. The van der Waals surface area contributed by atoms with Crippen molar-refractivity contribution in [3.63, 3.8) is 0 Å². The summed E-state index contributed by atoms with van der Waals surface area (Å²) in [7, 11) is 1.86. The smallest absolute Gasteiger partial charge is 0.246 e. The molecule has 0 aliphatic carbocycles. The van der Waals surface area contributed by atoms with Crippen LogP contribution in [-0.4, -0.2) is 48.6 Å². The number of likely N-dealkylation sites (tertiary alicyclic amines) is 1. The minimum absolute atomic E-state index is 0.0198. The maximum absolute atomic E-state index is 12.7. The summed E-state index contributed by atoms with van der Waals surface area (Å²) in [4.78, 5) is 29.6. The standard InChI is InChI=1S/C22H27N7OS/c1-14-15(2)31-22(24-14)27-20-10-19(25-16(3)26-20)18-6-5-9-29(13-18)21(30)8-7-17-11-23-28(4)12-17/h7-8,10-12,18H,5-6,9,13H2,1-4H3,(H,24,25,26,27)/b8-7+/t18-/m1/s1. The van der Waals surface area contributed by atoms with Gasteiger partial charge in [0, 0.05) is 54.8 Å². The van der Waals surface area contributed by atoms with Gasteiger partial charge in [0.1, 0.15) is 11.6 Å². The van der Waals surface area contributed by atoms with Gasteiger partial charge in [-0.1, -0.05) is 0 Å². The largest absolute Gasteiger partial charge is 0.338 e. The zero-order chi connectivity index (χ0) is 22.0. The fraction of sp³-hybridized carbons (Fsp3) is 0.409. The van der Waals surface area contributed by atoms with Crippen LogP contribution in [0.1, 0.15) is 46.4 Å². The van der Waals surface area contributed by atoms with Crippen molar-refractivity contribution in [3.05, 3.63) is 52.2 Å². The maximum atomic E-state index is 12.7. The van der Waals surface area contributed by atoms with Crippen molar-refractivity contribution in [2.24, 2.45) is 7.05 Å². The zero-order valence-corrected chi connectivity index (χ0v) is 19.1. The molecule has 1 atom stereocenters. The third kappa shape index (κ3) is 5.16. The van der Waals surface area contributed by atoms with E-state index in [2.05, 4.69) is 32.3 Å². The highest BCUT2D eigenvalue weighted by molar-refractivity contribution is 7.15. The molecule has 1 aliphatic rings. The van der Waals surface area contributed by atoms with Gasteiger partial charge in [0.2, 0.25) is 5.91 Å². The van der Waals surface area contributed by atoms with E-state index < -0.39 is 0 Å². The first-order chi connectivity index (χ1) is 14.9. The Balaban J connectivity index is 1.46. The number of amides is 1. The average Bonchev–Trinajstić information content (AvgIpc) is 3.30. The SMILES string of the molecule is Cc1nc(Nc2nc(C)c(C)s2)cc([C@@H]2CCCN(C(=O)/C=C/c3cnn(C)c3)C2)n1. The predicted molar refractivity (Wildman–Crippen MR) is 122 cm³/mol. The molecule has 0 unspecified atom stereocenters. The molecule has 9 heteroatoms.